The summed E-state index contributed by atoms with van der Waals surface area (Å²) in [6, 6.07) is 8.28. The number of sulfonamides is 1. The molecule has 1 rings (SSSR count). The fraction of sp³-hybridized carbons (Fsp3) is 0.538. The maximum Gasteiger partial charge on any atom is 0.210 e. The van der Waals surface area contributed by atoms with Crippen LogP contribution in [0.25, 0.3) is 0 Å². The van der Waals surface area contributed by atoms with Crippen molar-refractivity contribution in [3.05, 3.63) is 29.8 Å². The number of benzene rings is 1. The second-order valence-corrected chi connectivity index (χ2v) is 6.12. The van der Waals surface area contributed by atoms with Crippen LogP contribution < -0.4 is 15.4 Å². The fourth-order valence-corrected chi connectivity index (χ4v) is 2.29. The zero-order chi connectivity index (χ0) is 14.3. The van der Waals surface area contributed by atoms with Gasteiger partial charge in [-0.3, -0.25) is 0 Å². The summed E-state index contributed by atoms with van der Waals surface area (Å²) in [7, 11) is -3.37. The van der Waals surface area contributed by atoms with Gasteiger partial charge in [-0.15, -0.1) is 0 Å². The lowest BCUT2D eigenvalue weighted by Crippen LogP contribution is -2.26. The molecule has 0 fully saturated rings. The Bertz CT molecular complexity index is 467. The third kappa shape index (κ3) is 6.04. The summed E-state index contributed by atoms with van der Waals surface area (Å²) < 4.78 is 21.5. The number of primary sulfonamides is 1. The van der Waals surface area contributed by atoms with Crippen molar-refractivity contribution >= 4 is 15.7 Å². The summed E-state index contributed by atoms with van der Waals surface area (Å²) in [5.74, 6) is -0.0372. The highest BCUT2D eigenvalue weighted by atomic mass is 32.2. The molecular weight excluding hydrogens is 262 g/mol. The first-order valence-corrected chi connectivity index (χ1v) is 8.23. The van der Waals surface area contributed by atoms with Crippen molar-refractivity contribution in [2.45, 2.75) is 20.4 Å². The second kappa shape index (κ2) is 7.47. The van der Waals surface area contributed by atoms with Gasteiger partial charge < -0.3 is 10.2 Å². The molecule has 0 aliphatic rings. The molecule has 0 aromatic heterocycles. The van der Waals surface area contributed by atoms with E-state index in [1.54, 1.807) is 0 Å². The molecule has 0 aliphatic carbocycles. The minimum Gasteiger partial charge on any atom is -0.372 e. The topological polar surface area (TPSA) is 75.4 Å². The van der Waals surface area contributed by atoms with E-state index in [0.717, 1.165) is 18.7 Å². The summed E-state index contributed by atoms with van der Waals surface area (Å²) in [6.07, 6.45) is 0. The van der Waals surface area contributed by atoms with Gasteiger partial charge in [0.05, 0.1) is 5.75 Å². The zero-order valence-electron chi connectivity index (χ0n) is 11.6. The predicted molar refractivity (Wildman–Crippen MR) is 79.7 cm³/mol. The molecule has 1 aromatic rings. The number of hydrogen-bond donors (Lipinski definition) is 2. The average molecular weight is 285 g/mol. The highest BCUT2D eigenvalue weighted by Crippen LogP contribution is 2.14. The normalized spacial score (nSPS) is 11.5. The van der Waals surface area contributed by atoms with Crippen LogP contribution in [0.2, 0.25) is 0 Å². The monoisotopic (exact) mass is 285 g/mol. The van der Waals surface area contributed by atoms with E-state index in [1.165, 1.54) is 5.69 Å². The Kier molecular flexibility index (Phi) is 6.27. The summed E-state index contributed by atoms with van der Waals surface area (Å²) in [5, 5.41) is 7.99. The van der Waals surface area contributed by atoms with E-state index in [0.29, 0.717) is 13.1 Å². The first kappa shape index (κ1) is 15.9. The Hall–Kier alpha value is -1.11. The van der Waals surface area contributed by atoms with Crippen molar-refractivity contribution in [1.82, 2.24) is 5.32 Å². The third-order valence-electron chi connectivity index (χ3n) is 2.96. The van der Waals surface area contributed by atoms with Crippen LogP contribution in [-0.4, -0.2) is 33.8 Å². The molecule has 108 valence electrons. The molecule has 5 nitrogen and oxygen atoms in total. The maximum atomic E-state index is 10.8. The van der Waals surface area contributed by atoms with Crippen LogP contribution in [0.3, 0.4) is 0 Å². The van der Waals surface area contributed by atoms with Crippen LogP contribution in [0, 0.1) is 0 Å². The van der Waals surface area contributed by atoms with Gasteiger partial charge in [0.25, 0.3) is 0 Å². The number of nitrogens with zero attached hydrogens (tertiary/aromatic N) is 1. The molecule has 0 heterocycles. The number of rotatable bonds is 8. The van der Waals surface area contributed by atoms with Gasteiger partial charge in [0.2, 0.25) is 10.0 Å². The van der Waals surface area contributed by atoms with Gasteiger partial charge in [-0.05, 0) is 31.5 Å². The Morgan fingerprint density at radius 2 is 1.74 bits per heavy atom. The molecule has 0 saturated heterocycles. The van der Waals surface area contributed by atoms with E-state index in [2.05, 4.69) is 48.3 Å². The van der Waals surface area contributed by atoms with Crippen molar-refractivity contribution in [2.24, 2.45) is 5.14 Å². The summed E-state index contributed by atoms with van der Waals surface area (Å²) in [5.41, 5.74) is 2.34. The molecular formula is C13H23N3O2S. The van der Waals surface area contributed by atoms with Crippen molar-refractivity contribution < 1.29 is 8.42 Å². The first-order valence-electron chi connectivity index (χ1n) is 6.51. The molecule has 3 N–H and O–H groups in total. The standard InChI is InChI=1S/C13H23N3O2S/c1-3-16(4-2)13-7-5-12(6-8-13)11-15-9-10-19(14,17)18/h5-8,15H,3-4,9-11H2,1-2H3,(H2,14,17,18). The summed E-state index contributed by atoms with van der Waals surface area (Å²) in [6.45, 7) is 7.26. The van der Waals surface area contributed by atoms with Crippen molar-refractivity contribution in [2.75, 3.05) is 30.3 Å². The lowest BCUT2D eigenvalue weighted by molar-refractivity contribution is 0.592. The van der Waals surface area contributed by atoms with E-state index >= 15 is 0 Å². The van der Waals surface area contributed by atoms with E-state index in [9.17, 15) is 8.42 Å². The molecule has 0 atom stereocenters. The Morgan fingerprint density at radius 3 is 2.21 bits per heavy atom. The zero-order valence-corrected chi connectivity index (χ0v) is 12.4. The van der Waals surface area contributed by atoms with Crippen molar-refractivity contribution in [1.29, 1.82) is 0 Å². The van der Waals surface area contributed by atoms with Crippen molar-refractivity contribution in [3.63, 3.8) is 0 Å². The molecule has 0 saturated carbocycles. The smallest absolute Gasteiger partial charge is 0.210 e. The van der Waals surface area contributed by atoms with Gasteiger partial charge in [0.1, 0.15) is 0 Å². The van der Waals surface area contributed by atoms with Gasteiger partial charge in [-0.1, -0.05) is 12.1 Å². The van der Waals surface area contributed by atoms with E-state index in [-0.39, 0.29) is 5.75 Å². The maximum absolute atomic E-state index is 10.8. The Morgan fingerprint density at radius 1 is 1.16 bits per heavy atom. The molecule has 0 spiro atoms. The van der Waals surface area contributed by atoms with Crippen LogP contribution in [0.15, 0.2) is 24.3 Å². The first-order chi connectivity index (χ1) is 8.96. The van der Waals surface area contributed by atoms with Gasteiger partial charge in [0.15, 0.2) is 0 Å². The molecule has 0 amide bonds. The Labute approximate surface area is 115 Å². The Balaban J connectivity index is 2.44. The lowest BCUT2D eigenvalue weighted by Gasteiger charge is -2.21. The van der Waals surface area contributed by atoms with E-state index < -0.39 is 10.0 Å². The van der Waals surface area contributed by atoms with Crippen LogP contribution in [0.1, 0.15) is 19.4 Å². The van der Waals surface area contributed by atoms with Crippen LogP contribution in [-0.2, 0) is 16.6 Å². The van der Waals surface area contributed by atoms with Gasteiger partial charge in [-0.25, -0.2) is 13.6 Å². The van der Waals surface area contributed by atoms with Crippen LogP contribution in [0.5, 0.6) is 0 Å². The lowest BCUT2D eigenvalue weighted by atomic mass is 10.2. The summed E-state index contributed by atoms with van der Waals surface area (Å²) >= 11 is 0. The minimum absolute atomic E-state index is 0.0372. The highest BCUT2D eigenvalue weighted by molar-refractivity contribution is 7.89. The summed E-state index contributed by atoms with van der Waals surface area (Å²) in [4.78, 5) is 2.28. The second-order valence-electron chi connectivity index (χ2n) is 4.38. The van der Waals surface area contributed by atoms with Gasteiger partial charge in [-0.2, -0.15) is 0 Å². The number of nitrogens with one attached hydrogen (secondary N) is 1. The van der Waals surface area contributed by atoms with Crippen LogP contribution >= 0.6 is 0 Å². The number of nitrogens with two attached hydrogens (primary N) is 1. The quantitative estimate of drug-likeness (QED) is 0.696. The SMILES string of the molecule is CCN(CC)c1ccc(CNCCS(N)(=O)=O)cc1. The molecule has 0 bridgehead atoms. The van der Waals surface area contributed by atoms with Crippen LogP contribution in [0.4, 0.5) is 5.69 Å². The van der Waals surface area contributed by atoms with E-state index in [1.807, 2.05) is 0 Å². The fourth-order valence-electron chi connectivity index (χ4n) is 1.86. The molecule has 1 aromatic carbocycles. The molecule has 0 radical (unpaired) electrons. The van der Waals surface area contributed by atoms with E-state index in [4.69, 9.17) is 5.14 Å². The largest absolute Gasteiger partial charge is 0.372 e. The minimum atomic E-state index is -3.37. The third-order valence-corrected chi connectivity index (χ3v) is 3.73. The van der Waals surface area contributed by atoms with Gasteiger partial charge in [0, 0.05) is 31.9 Å². The molecule has 0 unspecified atom stereocenters. The molecule has 19 heavy (non-hydrogen) atoms. The highest BCUT2D eigenvalue weighted by Gasteiger charge is 2.03. The molecule has 6 heteroatoms. The van der Waals surface area contributed by atoms with Gasteiger partial charge >= 0.3 is 0 Å². The predicted octanol–water partition coefficient (Wildman–Crippen LogP) is 0.911. The number of hydrogen-bond acceptors (Lipinski definition) is 4. The molecule has 0 aliphatic heterocycles. The van der Waals surface area contributed by atoms with Crippen molar-refractivity contribution in [3.8, 4) is 0 Å². The average Bonchev–Trinajstić information content (AvgIpc) is 2.37. The number of anilines is 1.